The van der Waals surface area contributed by atoms with Gasteiger partial charge in [0.25, 0.3) is 0 Å². The third-order valence-corrected chi connectivity index (χ3v) is 3.40. The molecule has 0 radical (unpaired) electrons. The summed E-state index contributed by atoms with van der Waals surface area (Å²) >= 11 is -0.291. The Balaban J connectivity index is 5.74. The molecule has 0 aromatic heterocycles. The maximum absolute atomic E-state index is 13.2. The summed E-state index contributed by atoms with van der Waals surface area (Å²) in [6.07, 6.45) is -11.8. The van der Waals surface area contributed by atoms with Crippen molar-refractivity contribution in [1.29, 1.82) is 0 Å². The fourth-order valence-electron chi connectivity index (χ4n) is 1.25. The number of hydrogen-bond donors (Lipinski definition) is 2. The third kappa shape index (κ3) is 4.00. The maximum atomic E-state index is 13.2. The predicted octanol–water partition coefficient (Wildman–Crippen LogP) is 5.03. The highest BCUT2D eigenvalue weighted by Crippen LogP contribution is 2.60. The van der Waals surface area contributed by atoms with Gasteiger partial charge in [-0.3, -0.25) is 4.72 Å². The molecule has 0 unspecified atom stereocenters. The molecular weight excluding hydrogens is 433 g/mol. The van der Waals surface area contributed by atoms with Gasteiger partial charge in [-0.2, -0.15) is 57.1 Å². The first kappa shape index (κ1) is 24.7. The Bertz CT molecular complexity index is 518. The van der Waals surface area contributed by atoms with Crippen LogP contribution >= 0.6 is 11.9 Å². The van der Waals surface area contributed by atoms with E-state index < -0.39 is 54.1 Å². The Hall–Kier alpha value is -1.29. The van der Waals surface area contributed by atoms with Crippen LogP contribution in [0.25, 0.3) is 0 Å². The van der Waals surface area contributed by atoms with Gasteiger partial charge in [0.2, 0.25) is 0 Å². The Morgan fingerprint density at radius 1 is 0.731 bits per heavy atom. The molecule has 0 heterocycles. The predicted molar refractivity (Wildman–Crippen MR) is 59.0 cm³/mol. The molecule has 2 N–H and O–H groups in total. The van der Waals surface area contributed by atoms with E-state index in [0.29, 0.717) is 0 Å². The standard InChI is InChI=1S/C9H6F13NO2S/c10-4(11,1-2-26-23-3(24)25)5(12,13)6(14,15)7(16,17)8(18,19)9(20,21)22/h23H,1-2H2,(H,24,25). The maximum Gasteiger partial charge on any atom is 0.460 e. The molecule has 0 aliphatic carbocycles. The lowest BCUT2D eigenvalue weighted by Gasteiger charge is -2.39. The second kappa shape index (κ2) is 7.03. The van der Waals surface area contributed by atoms with E-state index >= 15 is 0 Å². The van der Waals surface area contributed by atoms with Crippen molar-refractivity contribution in [1.82, 2.24) is 4.72 Å². The highest BCUT2D eigenvalue weighted by Gasteiger charge is 2.90. The van der Waals surface area contributed by atoms with E-state index in [1.54, 1.807) is 0 Å². The lowest BCUT2D eigenvalue weighted by molar-refractivity contribution is -0.439. The van der Waals surface area contributed by atoms with Crippen molar-refractivity contribution >= 4 is 18.0 Å². The summed E-state index contributed by atoms with van der Waals surface area (Å²) in [6, 6.07) is 0. The molecular formula is C9H6F13NO2S. The van der Waals surface area contributed by atoms with Crippen LogP contribution in [0.5, 0.6) is 0 Å². The monoisotopic (exact) mass is 439 g/mol. The normalized spacial score (nSPS) is 15.1. The molecule has 0 saturated carbocycles. The number of rotatable bonds is 8. The largest absolute Gasteiger partial charge is 0.464 e. The van der Waals surface area contributed by atoms with Gasteiger partial charge in [0, 0.05) is 12.2 Å². The van der Waals surface area contributed by atoms with Crippen molar-refractivity contribution in [2.45, 2.75) is 42.2 Å². The summed E-state index contributed by atoms with van der Waals surface area (Å²) < 4.78 is 166. The molecule has 0 saturated heterocycles. The van der Waals surface area contributed by atoms with Gasteiger partial charge in [-0.25, -0.2) is 4.79 Å². The Kier molecular flexibility index (Phi) is 6.68. The molecule has 0 fully saturated rings. The minimum atomic E-state index is -7.93. The topological polar surface area (TPSA) is 49.3 Å². The zero-order chi connectivity index (χ0) is 21.4. The van der Waals surface area contributed by atoms with Gasteiger partial charge < -0.3 is 5.11 Å². The smallest absolute Gasteiger partial charge is 0.460 e. The summed E-state index contributed by atoms with van der Waals surface area (Å²) in [5.41, 5.74) is 0. The van der Waals surface area contributed by atoms with Crippen molar-refractivity contribution in [2.24, 2.45) is 0 Å². The lowest BCUT2D eigenvalue weighted by atomic mass is 9.93. The molecule has 1 amide bonds. The van der Waals surface area contributed by atoms with Crippen molar-refractivity contribution < 1.29 is 67.0 Å². The van der Waals surface area contributed by atoms with Crippen LogP contribution in [-0.2, 0) is 0 Å². The van der Waals surface area contributed by atoms with Crippen LogP contribution in [-0.4, -0.2) is 52.7 Å². The second-order valence-corrected chi connectivity index (χ2v) is 5.41. The molecule has 0 atom stereocenters. The average Bonchev–Trinajstić information content (AvgIpc) is 2.41. The zero-order valence-corrected chi connectivity index (χ0v) is 12.4. The quantitative estimate of drug-likeness (QED) is 0.317. The average molecular weight is 439 g/mol. The summed E-state index contributed by atoms with van der Waals surface area (Å²) in [5, 5.41) is 8.03. The van der Waals surface area contributed by atoms with Crippen molar-refractivity contribution in [3.8, 4) is 0 Å². The molecule has 0 aliphatic heterocycles. The lowest BCUT2D eigenvalue weighted by Crippen LogP contribution is -2.70. The summed E-state index contributed by atoms with van der Waals surface area (Å²) in [5.74, 6) is -38.5. The van der Waals surface area contributed by atoms with Gasteiger partial charge in [-0.15, -0.1) is 0 Å². The molecule has 0 aromatic carbocycles. The molecule has 26 heavy (non-hydrogen) atoms. The number of hydrogen-bond acceptors (Lipinski definition) is 2. The van der Waals surface area contributed by atoms with Crippen molar-refractivity contribution in [3.05, 3.63) is 0 Å². The van der Waals surface area contributed by atoms with Crippen LogP contribution in [0.3, 0.4) is 0 Å². The van der Waals surface area contributed by atoms with Crippen molar-refractivity contribution in [2.75, 3.05) is 5.75 Å². The summed E-state index contributed by atoms with van der Waals surface area (Å²) in [4.78, 5) is 9.94. The Morgan fingerprint density at radius 2 is 1.12 bits per heavy atom. The minimum Gasteiger partial charge on any atom is -0.464 e. The van der Waals surface area contributed by atoms with Crippen LogP contribution in [0.4, 0.5) is 61.9 Å². The Morgan fingerprint density at radius 3 is 1.46 bits per heavy atom. The molecule has 0 spiro atoms. The Labute approximate surface area is 139 Å². The SMILES string of the molecule is O=C(O)NSCCC(F)(F)C(F)(F)C(F)(F)C(F)(F)C(F)(F)C(F)(F)F. The highest BCUT2D eigenvalue weighted by atomic mass is 32.2. The van der Waals surface area contributed by atoms with Gasteiger partial charge in [0.1, 0.15) is 0 Å². The molecule has 0 aromatic rings. The van der Waals surface area contributed by atoms with E-state index in [9.17, 15) is 61.9 Å². The molecule has 0 rings (SSSR count). The van der Waals surface area contributed by atoms with Gasteiger partial charge >= 0.3 is 41.9 Å². The van der Waals surface area contributed by atoms with Crippen LogP contribution in [0, 0.1) is 0 Å². The van der Waals surface area contributed by atoms with Gasteiger partial charge in [0.15, 0.2) is 0 Å². The fourth-order valence-corrected chi connectivity index (χ4v) is 1.83. The van der Waals surface area contributed by atoms with E-state index in [0.717, 1.165) is 0 Å². The zero-order valence-electron chi connectivity index (χ0n) is 11.6. The van der Waals surface area contributed by atoms with Gasteiger partial charge in [0.05, 0.1) is 0 Å². The van der Waals surface area contributed by atoms with Crippen LogP contribution < -0.4 is 4.72 Å². The molecule has 0 bridgehead atoms. The number of halogens is 13. The van der Waals surface area contributed by atoms with E-state index in [1.165, 1.54) is 4.72 Å². The van der Waals surface area contributed by atoms with Crippen LogP contribution in [0.1, 0.15) is 6.42 Å². The van der Waals surface area contributed by atoms with E-state index in [2.05, 4.69) is 0 Å². The first-order valence-corrected chi connectivity index (χ1v) is 6.72. The molecule has 0 aliphatic rings. The second-order valence-electron chi connectivity index (χ2n) is 4.51. The van der Waals surface area contributed by atoms with Crippen LogP contribution in [0.2, 0.25) is 0 Å². The highest BCUT2D eigenvalue weighted by molar-refractivity contribution is 7.97. The van der Waals surface area contributed by atoms with Crippen molar-refractivity contribution in [3.63, 3.8) is 0 Å². The van der Waals surface area contributed by atoms with Crippen LogP contribution in [0.15, 0.2) is 0 Å². The minimum absolute atomic E-state index is 0.291. The molecule has 3 nitrogen and oxygen atoms in total. The molecule has 17 heteroatoms. The summed E-state index contributed by atoms with van der Waals surface area (Å²) in [7, 11) is 0. The number of carboxylic acid groups (broad SMARTS) is 1. The number of amides is 1. The van der Waals surface area contributed by atoms with E-state index in [-0.39, 0.29) is 11.9 Å². The van der Waals surface area contributed by atoms with Gasteiger partial charge in [-0.05, 0) is 11.9 Å². The first-order chi connectivity index (χ1) is 11.2. The number of carbonyl (C=O) groups is 1. The van der Waals surface area contributed by atoms with E-state index in [1.807, 2.05) is 0 Å². The number of nitrogens with one attached hydrogen (secondary N) is 1. The van der Waals surface area contributed by atoms with Gasteiger partial charge in [-0.1, -0.05) is 0 Å². The fraction of sp³-hybridized carbons (Fsp3) is 0.889. The first-order valence-electron chi connectivity index (χ1n) is 5.73. The van der Waals surface area contributed by atoms with E-state index in [4.69, 9.17) is 5.11 Å². The summed E-state index contributed by atoms with van der Waals surface area (Å²) in [6.45, 7) is 0. The number of alkyl halides is 13. The third-order valence-electron chi connectivity index (χ3n) is 2.68. The molecule has 156 valence electrons.